The second kappa shape index (κ2) is 5.48. The summed E-state index contributed by atoms with van der Waals surface area (Å²) in [7, 11) is 0. The van der Waals surface area contributed by atoms with Crippen LogP contribution in [-0.2, 0) is 4.74 Å². The number of hydrogen-bond acceptors (Lipinski definition) is 6. The molecular formula is C12H16N2O3S. The van der Waals surface area contributed by atoms with Gasteiger partial charge in [0.05, 0.1) is 6.61 Å². The molecule has 0 saturated heterocycles. The largest absolute Gasteiger partial charge is 0.461 e. The highest BCUT2D eigenvalue weighted by atomic mass is 32.1. The molecule has 1 aromatic rings. The van der Waals surface area contributed by atoms with Crippen molar-refractivity contribution in [3.8, 4) is 0 Å². The van der Waals surface area contributed by atoms with Gasteiger partial charge in [0.2, 0.25) is 0 Å². The summed E-state index contributed by atoms with van der Waals surface area (Å²) in [5.74, 6) is -0.683. The smallest absolute Gasteiger partial charge is 0.358 e. The number of hydrogen-bond donors (Lipinski definition) is 1. The minimum Gasteiger partial charge on any atom is -0.461 e. The maximum absolute atomic E-state index is 11.7. The van der Waals surface area contributed by atoms with E-state index in [4.69, 9.17) is 4.74 Å². The predicted octanol–water partition coefficient (Wildman–Crippen LogP) is 2.49. The number of ketones is 1. The van der Waals surface area contributed by atoms with Gasteiger partial charge in [-0.3, -0.25) is 4.79 Å². The molecule has 0 radical (unpaired) electrons. The van der Waals surface area contributed by atoms with Crippen molar-refractivity contribution >= 4 is 28.2 Å². The van der Waals surface area contributed by atoms with Crippen LogP contribution >= 0.6 is 11.3 Å². The molecule has 1 aliphatic carbocycles. The van der Waals surface area contributed by atoms with E-state index in [2.05, 4.69) is 10.3 Å². The molecule has 0 atom stereocenters. The lowest BCUT2D eigenvalue weighted by atomic mass is 9.93. The molecule has 6 heteroatoms. The van der Waals surface area contributed by atoms with Crippen LogP contribution in [0.1, 0.15) is 53.3 Å². The lowest BCUT2D eigenvalue weighted by Crippen LogP contribution is -2.26. The Labute approximate surface area is 110 Å². The van der Waals surface area contributed by atoms with Gasteiger partial charge in [-0.05, 0) is 26.2 Å². The Balaban J connectivity index is 2.19. The van der Waals surface area contributed by atoms with Gasteiger partial charge in [0, 0.05) is 13.0 Å². The molecule has 2 rings (SSSR count). The van der Waals surface area contributed by atoms with E-state index in [1.54, 1.807) is 6.92 Å². The number of carbonyl (C=O) groups is 2. The molecular weight excluding hydrogens is 252 g/mol. The number of Topliss-reactive ketones (excluding diaryl/α,β-unsaturated/α-hetero) is 1. The topological polar surface area (TPSA) is 68.3 Å². The normalized spacial score (nSPS) is 15.0. The maximum atomic E-state index is 11.7. The van der Waals surface area contributed by atoms with Gasteiger partial charge >= 0.3 is 5.97 Å². The summed E-state index contributed by atoms with van der Waals surface area (Å²) in [5.41, 5.74) is 0.135. The van der Waals surface area contributed by atoms with E-state index in [1.165, 1.54) is 24.7 Å². The predicted molar refractivity (Wildman–Crippen MR) is 69.3 cm³/mol. The Kier molecular flexibility index (Phi) is 3.96. The first-order chi connectivity index (χ1) is 8.61. The first-order valence-electron chi connectivity index (χ1n) is 6.07. The molecule has 0 unspecified atom stereocenters. The Bertz CT molecular complexity index is 466. The van der Waals surface area contributed by atoms with Crippen molar-refractivity contribution in [2.75, 3.05) is 11.9 Å². The van der Waals surface area contributed by atoms with E-state index in [1.807, 2.05) is 0 Å². The maximum Gasteiger partial charge on any atom is 0.358 e. The number of esters is 1. The fraction of sp³-hybridized carbons (Fsp3) is 0.583. The Morgan fingerprint density at radius 1 is 1.50 bits per heavy atom. The average molecular weight is 268 g/mol. The van der Waals surface area contributed by atoms with Crippen LogP contribution in [0.2, 0.25) is 0 Å². The lowest BCUT2D eigenvalue weighted by Gasteiger charge is -2.25. The van der Waals surface area contributed by atoms with Gasteiger partial charge in [-0.15, -0.1) is 0 Å². The summed E-state index contributed by atoms with van der Waals surface area (Å²) in [4.78, 5) is 27.7. The third-order valence-corrected chi connectivity index (χ3v) is 3.94. The van der Waals surface area contributed by atoms with Crippen molar-refractivity contribution in [1.29, 1.82) is 0 Å². The molecule has 0 aliphatic heterocycles. The fourth-order valence-electron chi connectivity index (χ4n) is 1.69. The van der Waals surface area contributed by atoms with Crippen molar-refractivity contribution in [1.82, 2.24) is 4.98 Å². The number of nitrogens with one attached hydrogen (secondary N) is 1. The monoisotopic (exact) mass is 268 g/mol. The molecule has 0 aromatic carbocycles. The third-order valence-electron chi connectivity index (χ3n) is 2.85. The van der Waals surface area contributed by atoms with Gasteiger partial charge in [0.15, 0.2) is 16.6 Å². The van der Waals surface area contributed by atoms with Crippen molar-refractivity contribution < 1.29 is 14.3 Å². The van der Waals surface area contributed by atoms with Crippen molar-refractivity contribution in [2.45, 2.75) is 39.2 Å². The van der Waals surface area contributed by atoms with Gasteiger partial charge in [-0.2, -0.15) is 0 Å². The van der Waals surface area contributed by atoms with Gasteiger partial charge in [0.1, 0.15) is 4.88 Å². The summed E-state index contributed by atoms with van der Waals surface area (Å²) in [6.07, 6.45) is 3.45. The molecule has 1 fully saturated rings. The molecule has 0 amide bonds. The number of thiazole rings is 1. The van der Waals surface area contributed by atoms with Crippen LogP contribution in [0.3, 0.4) is 0 Å². The number of ether oxygens (including phenoxy) is 1. The van der Waals surface area contributed by atoms with Crippen LogP contribution in [0, 0.1) is 0 Å². The minimum absolute atomic E-state index is 0.135. The van der Waals surface area contributed by atoms with E-state index in [-0.39, 0.29) is 18.1 Å². The molecule has 1 saturated carbocycles. The van der Waals surface area contributed by atoms with Gasteiger partial charge < -0.3 is 10.1 Å². The average Bonchev–Trinajstić information content (AvgIpc) is 2.68. The highest BCUT2D eigenvalue weighted by Crippen LogP contribution is 2.29. The molecule has 1 N–H and O–H groups in total. The molecule has 5 nitrogen and oxygen atoms in total. The minimum atomic E-state index is -0.527. The molecule has 1 aliphatic rings. The Morgan fingerprint density at radius 3 is 2.72 bits per heavy atom. The zero-order valence-electron chi connectivity index (χ0n) is 10.5. The molecule has 1 aromatic heterocycles. The highest BCUT2D eigenvalue weighted by Gasteiger charge is 2.24. The molecule has 98 valence electrons. The first kappa shape index (κ1) is 13.0. The molecule has 1 heterocycles. The lowest BCUT2D eigenvalue weighted by molar-refractivity contribution is 0.0517. The quantitative estimate of drug-likeness (QED) is 0.656. The first-order valence-corrected chi connectivity index (χ1v) is 6.89. The standard InChI is InChI=1S/C12H16N2O3S/c1-3-17-11(16)9-10(7(2)15)18-12(14-9)13-8-5-4-6-8/h8H,3-6H2,1-2H3,(H,13,14). The van der Waals surface area contributed by atoms with Crippen LogP contribution in [0.5, 0.6) is 0 Å². The van der Waals surface area contributed by atoms with Crippen molar-refractivity contribution in [3.05, 3.63) is 10.6 Å². The van der Waals surface area contributed by atoms with Crippen molar-refractivity contribution in [3.63, 3.8) is 0 Å². The second-order valence-electron chi connectivity index (χ2n) is 4.25. The molecule has 18 heavy (non-hydrogen) atoms. The van der Waals surface area contributed by atoms with Crippen LogP contribution < -0.4 is 5.32 Å². The van der Waals surface area contributed by atoms with Gasteiger partial charge in [0.25, 0.3) is 0 Å². The number of aromatic nitrogens is 1. The summed E-state index contributed by atoms with van der Waals surface area (Å²) in [5, 5.41) is 3.87. The molecule has 0 bridgehead atoms. The van der Waals surface area contributed by atoms with E-state index >= 15 is 0 Å². The van der Waals surface area contributed by atoms with Crippen LogP contribution in [0.25, 0.3) is 0 Å². The summed E-state index contributed by atoms with van der Waals surface area (Å²) in [6.45, 7) is 3.44. The SMILES string of the molecule is CCOC(=O)c1nc(NC2CCC2)sc1C(C)=O. The Morgan fingerprint density at radius 2 is 2.22 bits per heavy atom. The van der Waals surface area contributed by atoms with Crippen molar-refractivity contribution in [2.24, 2.45) is 0 Å². The van der Waals surface area contributed by atoms with Crippen LogP contribution in [-0.4, -0.2) is 29.4 Å². The zero-order chi connectivity index (χ0) is 13.1. The number of anilines is 1. The number of carbonyl (C=O) groups excluding carboxylic acids is 2. The van der Waals surface area contributed by atoms with E-state index in [0.29, 0.717) is 16.1 Å². The van der Waals surface area contributed by atoms with Gasteiger partial charge in [-0.1, -0.05) is 11.3 Å². The number of nitrogens with zero attached hydrogens (tertiary/aromatic N) is 1. The van der Waals surface area contributed by atoms with Crippen LogP contribution in [0.4, 0.5) is 5.13 Å². The molecule has 0 spiro atoms. The zero-order valence-corrected chi connectivity index (χ0v) is 11.3. The highest BCUT2D eigenvalue weighted by molar-refractivity contribution is 7.17. The van der Waals surface area contributed by atoms with E-state index in [0.717, 1.165) is 12.8 Å². The summed E-state index contributed by atoms with van der Waals surface area (Å²) in [6, 6.07) is 0.422. The van der Waals surface area contributed by atoms with E-state index < -0.39 is 5.97 Å². The summed E-state index contributed by atoms with van der Waals surface area (Å²) < 4.78 is 4.90. The fourth-order valence-corrected chi connectivity index (χ4v) is 2.61. The van der Waals surface area contributed by atoms with Gasteiger partial charge in [-0.25, -0.2) is 9.78 Å². The number of rotatable bonds is 5. The third kappa shape index (κ3) is 2.69. The van der Waals surface area contributed by atoms with E-state index in [9.17, 15) is 9.59 Å². The Hall–Kier alpha value is -1.43. The van der Waals surface area contributed by atoms with Crippen LogP contribution in [0.15, 0.2) is 0 Å². The second-order valence-corrected chi connectivity index (χ2v) is 5.24. The summed E-state index contributed by atoms with van der Waals surface area (Å²) >= 11 is 1.23.